The van der Waals surface area contributed by atoms with Gasteiger partial charge in [-0.15, -0.1) is 0 Å². The second-order valence-corrected chi connectivity index (χ2v) is 6.13. The first-order chi connectivity index (χ1) is 8.60. The molecule has 0 aliphatic heterocycles. The minimum Gasteiger partial charge on any atom is -0.192 e. The Balaban J connectivity index is 2.34. The third kappa shape index (κ3) is 2.95. The van der Waals surface area contributed by atoms with E-state index in [9.17, 15) is 0 Å². The van der Waals surface area contributed by atoms with Crippen LogP contribution in [-0.4, -0.2) is 0 Å². The summed E-state index contributed by atoms with van der Waals surface area (Å²) in [6.45, 7) is 4.20. The summed E-state index contributed by atoms with van der Waals surface area (Å²) in [4.78, 5) is 2.15. The average molecular weight is 318 g/mol. The van der Waals surface area contributed by atoms with Crippen LogP contribution in [0.5, 0.6) is 0 Å². The van der Waals surface area contributed by atoms with Crippen molar-refractivity contribution in [1.82, 2.24) is 0 Å². The Bertz CT molecular complexity index is 629. The minimum absolute atomic E-state index is 0.701. The summed E-state index contributed by atoms with van der Waals surface area (Å²) in [6, 6.07) is 14.4. The number of hydrogen-bond acceptors (Lipinski definition) is 2. The van der Waals surface area contributed by atoms with Gasteiger partial charge in [-0.3, -0.25) is 0 Å². The van der Waals surface area contributed by atoms with Crippen LogP contribution in [-0.2, 0) is 0 Å². The lowest BCUT2D eigenvalue weighted by atomic mass is 10.1. The van der Waals surface area contributed by atoms with E-state index in [0.717, 1.165) is 14.3 Å². The molecule has 0 aromatic heterocycles. The van der Waals surface area contributed by atoms with Crippen LogP contribution in [0.25, 0.3) is 0 Å². The monoisotopic (exact) mass is 317 g/mol. The second-order valence-electron chi connectivity index (χ2n) is 4.10. The van der Waals surface area contributed by atoms with Crippen LogP contribution in [0.3, 0.4) is 0 Å². The molecule has 0 amide bonds. The molecule has 18 heavy (non-hydrogen) atoms. The molecule has 0 heterocycles. The van der Waals surface area contributed by atoms with Crippen molar-refractivity contribution in [3.05, 3.63) is 57.6 Å². The highest BCUT2D eigenvalue weighted by Crippen LogP contribution is 2.32. The quantitative estimate of drug-likeness (QED) is 0.770. The highest BCUT2D eigenvalue weighted by molar-refractivity contribution is 9.10. The van der Waals surface area contributed by atoms with Crippen molar-refractivity contribution in [3.63, 3.8) is 0 Å². The molecule has 0 saturated heterocycles. The smallest absolute Gasteiger partial charge is 0.100 e. The Hall–Kier alpha value is -1.24. The first kappa shape index (κ1) is 13.2. The summed E-state index contributed by atoms with van der Waals surface area (Å²) in [5.74, 6) is 0. The molecule has 2 aromatic carbocycles. The fourth-order valence-corrected chi connectivity index (χ4v) is 2.92. The largest absolute Gasteiger partial charge is 0.192 e. The van der Waals surface area contributed by atoms with Crippen molar-refractivity contribution in [2.45, 2.75) is 23.6 Å². The Morgan fingerprint density at radius 1 is 1.06 bits per heavy atom. The van der Waals surface area contributed by atoms with Crippen LogP contribution in [0.15, 0.2) is 50.7 Å². The van der Waals surface area contributed by atoms with Gasteiger partial charge in [-0.1, -0.05) is 33.8 Å². The van der Waals surface area contributed by atoms with Crippen molar-refractivity contribution in [1.29, 1.82) is 5.26 Å². The van der Waals surface area contributed by atoms with E-state index in [1.807, 2.05) is 18.2 Å². The van der Waals surface area contributed by atoms with Crippen molar-refractivity contribution < 1.29 is 0 Å². The molecular weight excluding hydrogens is 306 g/mol. The molecule has 0 unspecified atom stereocenters. The highest BCUT2D eigenvalue weighted by atomic mass is 79.9. The molecule has 0 atom stereocenters. The maximum atomic E-state index is 9.14. The van der Waals surface area contributed by atoms with Gasteiger partial charge < -0.3 is 0 Å². The lowest BCUT2D eigenvalue weighted by molar-refractivity contribution is 1.27. The van der Waals surface area contributed by atoms with Gasteiger partial charge in [-0.05, 0) is 55.3 Å². The minimum atomic E-state index is 0.701. The van der Waals surface area contributed by atoms with Crippen LogP contribution in [0.4, 0.5) is 0 Å². The van der Waals surface area contributed by atoms with Gasteiger partial charge in [0.1, 0.15) is 6.07 Å². The fourth-order valence-electron chi connectivity index (χ4n) is 1.58. The predicted molar refractivity (Wildman–Crippen MR) is 78.9 cm³/mol. The number of nitriles is 1. The molecule has 0 spiro atoms. The van der Waals surface area contributed by atoms with E-state index >= 15 is 0 Å². The molecule has 0 radical (unpaired) electrons. The third-order valence-electron chi connectivity index (χ3n) is 2.77. The van der Waals surface area contributed by atoms with Crippen LogP contribution >= 0.6 is 27.7 Å². The molecule has 0 saturated carbocycles. The standard InChI is InChI=1S/C15H12BrNS/c1-10-3-5-14(7-11(10)2)18-15-6-4-13(16)8-12(15)9-17/h3-8H,1-2H3. The number of nitrogens with zero attached hydrogens (tertiary/aromatic N) is 1. The average Bonchev–Trinajstić information content (AvgIpc) is 2.36. The van der Waals surface area contributed by atoms with Gasteiger partial charge in [0.25, 0.3) is 0 Å². The van der Waals surface area contributed by atoms with E-state index in [4.69, 9.17) is 5.26 Å². The zero-order valence-electron chi connectivity index (χ0n) is 10.2. The first-order valence-corrected chi connectivity index (χ1v) is 7.16. The molecule has 3 heteroatoms. The maximum absolute atomic E-state index is 9.14. The molecule has 0 aliphatic carbocycles. The van der Waals surface area contributed by atoms with Gasteiger partial charge in [0.05, 0.1) is 5.56 Å². The third-order valence-corrected chi connectivity index (χ3v) is 4.33. The molecule has 2 aromatic rings. The van der Waals surface area contributed by atoms with E-state index in [0.29, 0.717) is 5.56 Å². The van der Waals surface area contributed by atoms with Crippen LogP contribution in [0.1, 0.15) is 16.7 Å². The van der Waals surface area contributed by atoms with Crippen molar-refractivity contribution in [2.75, 3.05) is 0 Å². The van der Waals surface area contributed by atoms with Crippen LogP contribution < -0.4 is 0 Å². The van der Waals surface area contributed by atoms with Gasteiger partial charge >= 0.3 is 0 Å². The lowest BCUT2D eigenvalue weighted by Gasteiger charge is -2.06. The Kier molecular flexibility index (Phi) is 4.11. The van der Waals surface area contributed by atoms with Crippen molar-refractivity contribution in [3.8, 4) is 6.07 Å². The van der Waals surface area contributed by atoms with Crippen molar-refractivity contribution in [2.24, 2.45) is 0 Å². The van der Waals surface area contributed by atoms with Crippen molar-refractivity contribution >= 4 is 27.7 Å². The summed E-state index contributed by atoms with van der Waals surface area (Å²) in [5, 5.41) is 9.14. The van der Waals surface area contributed by atoms with Gasteiger partial charge in [-0.25, -0.2) is 0 Å². The molecule has 0 fully saturated rings. The molecule has 1 nitrogen and oxygen atoms in total. The van der Waals surface area contributed by atoms with E-state index in [-0.39, 0.29) is 0 Å². The Morgan fingerprint density at radius 3 is 2.50 bits per heavy atom. The summed E-state index contributed by atoms with van der Waals surface area (Å²) in [7, 11) is 0. The summed E-state index contributed by atoms with van der Waals surface area (Å²) in [6.07, 6.45) is 0. The van der Waals surface area contributed by atoms with E-state index in [1.165, 1.54) is 11.1 Å². The molecule has 0 N–H and O–H groups in total. The number of halogens is 1. The van der Waals surface area contributed by atoms with Crippen LogP contribution in [0.2, 0.25) is 0 Å². The van der Waals surface area contributed by atoms with E-state index < -0.39 is 0 Å². The molecular formula is C15H12BrNS. The number of rotatable bonds is 2. The van der Waals surface area contributed by atoms with Gasteiger partial charge in [0, 0.05) is 14.3 Å². The Labute approximate surface area is 120 Å². The lowest BCUT2D eigenvalue weighted by Crippen LogP contribution is -1.84. The number of benzene rings is 2. The first-order valence-electron chi connectivity index (χ1n) is 5.55. The molecule has 0 aliphatic rings. The summed E-state index contributed by atoms with van der Waals surface area (Å²) in [5.41, 5.74) is 3.26. The normalized spacial score (nSPS) is 10.1. The maximum Gasteiger partial charge on any atom is 0.100 e. The fraction of sp³-hybridized carbons (Fsp3) is 0.133. The van der Waals surface area contributed by atoms with E-state index in [1.54, 1.807) is 11.8 Å². The zero-order chi connectivity index (χ0) is 13.1. The molecule has 90 valence electrons. The van der Waals surface area contributed by atoms with Crippen LogP contribution in [0, 0.1) is 25.2 Å². The highest BCUT2D eigenvalue weighted by Gasteiger charge is 2.05. The number of aryl methyl sites for hydroxylation is 2. The van der Waals surface area contributed by atoms with Gasteiger partial charge in [0.15, 0.2) is 0 Å². The molecule has 0 bridgehead atoms. The molecule has 2 rings (SSSR count). The Morgan fingerprint density at radius 2 is 1.83 bits per heavy atom. The SMILES string of the molecule is Cc1ccc(Sc2ccc(Br)cc2C#N)cc1C. The zero-order valence-corrected chi connectivity index (χ0v) is 12.6. The summed E-state index contributed by atoms with van der Waals surface area (Å²) >= 11 is 5.01. The van der Waals surface area contributed by atoms with Gasteiger partial charge in [-0.2, -0.15) is 5.26 Å². The predicted octanol–water partition coefficient (Wildman–Crippen LogP) is 5.09. The van der Waals surface area contributed by atoms with Gasteiger partial charge in [0.2, 0.25) is 0 Å². The van der Waals surface area contributed by atoms with E-state index in [2.05, 4.69) is 54.0 Å². The summed E-state index contributed by atoms with van der Waals surface area (Å²) < 4.78 is 0.934. The second kappa shape index (κ2) is 5.60. The topological polar surface area (TPSA) is 23.8 Å². The number of hydrogen-bond donors (Lipinski definition) is 0.